The van der Waals surface area contributed by atoms with E-state index in [1.807, 2.05) is 6.92 Å². The summed E-state index contributed by atoms with van der Waals surface area (Å²) in [5, 5.41) is 3.30. The van der Waals surface area contributed by atoms with Crippen molar-refractivity contribution in [3.05, 3.63) is 23.8 Å². The van der Waals surface area contributed by atoms with Gasteiger partial charge in [-0.15, -0.1) is 0 Å². The van der Waals surface area contributed by atoms with Gasteiger partial charge in [0.2, 0.25) is 0 Å². The van der Waals surface area contributed by atoms with E-state index in [0.717, 1.165) is 25.9 Å². The Hall–Kier alpha value is -1.55. The molecule has 1 heterocycles. The summed E-state index contributed by atoms with van der Waals surface area (Å²) in [5.41, 5.74) is 0.317. The fourth-order valence-corrected chi connectivity index (χ4v) is 2.54. The van der Waals surface area contributed by atoms with Gasteiger partial charge in [0.1, 0.15) is 11.5 Å². The summed E-state index contributed by atoms with van der Waals surface area (Å²) in [7, 11) is 3.18. The second-order valence-electron chi connectivity index (χ2n) is 5.27. The molecule has 1 fully saturated rings. The minimum Gasteiger partial charge on any atom is -0.497 e. The summed E-state index contributed by atoms with van der Waals surface area (Å²) in [6.07, 6.45) is 1.95. The highest BCUT2D eigenvalue weighted by molar-refractivity contribution is 6.01. The van der Waals surface area contributed by atoms with Gasteiger partial charge in [-0.05, 0) is 31.5 Å². The number of hydrogen-bond donors (Lipinski definition) is 1. The third-order valence-corrected chi connectivity index (χ3v) is 3.76. The molecule has 1 aliphatic heterocycles. The molecule has 0 amide bonds. The number of rotatable bonds is 4. The van der Waals surface area contributed by atoms with Gasteiger partial charge in [-0.1, -0.05) is 6.92 Å². The van der Waals surface area contributed by atoms with E-state index in [2.05, 4.69) is 5.32 Å². The van der Waals surface area contributed by atoms with Crippen molar-refractivity contribution in [2.24, 2.45) is 5.41 Å². The van der Waals surface area contributed by atoms with E-state index in [0.29, 0.717) is 17.1 Å². The zero-order valence-electron chi connectivity index (χ0n) is 11.8. The average molecular weight is 263 g/mol. The number of hydrogen-bond acceptors (Lipinski definition) is 4. The molecule has 1 atom stereocenters. The summed E-state index contributed by atoms with van der Waals surface area (Å²) in [5.74, 6) is 1.45. The van der Waals surface area contributed by atoms with Crippen LogP contribution in [0.2, 0.25) is 0 Å². The van der Waals surface area contributed by atoms with Crippen LogP contribution in [-0.2, 0) is 0 Å². The van der Waals surface area contributed by atoms with Crippen molar-refractivity contribution in [3.63, 3.8) is 0 Å². The maximum atomic E-state index is 12.7. The number of carbonyl (C=O) groups is 1. The lowest BCUT2D eigenvalue weighted by molar-refractivity contribution is 0.0772. The molecular weight excluding hydrogens is 242 g/mol. The van der Waals surface area contributed by atoms with Crippen molar-refractivity contribution in [1.82, 2.24) is 5.32 Å². The molecule has 4 nitrogen and oxygen atoms in total. The van der Waals surface area contributed by atoms with E-state index < -0.39 is 0 Å². The number of benzene rings is 1. The maximum absolute atomic E-state index is 12.7. The second kappa shape index (κ2) is 5.61. The van der Waals surface area contributed by atoms with Crippen molar-refractivity contribution in [2.45, 2.75) is 19.8 Å². The Bertz CT molecular complexity index is 442. The van der Waals surface area contributed by atoms with Crippen LogP contribution in [-0.4, -0.2) is 33.1 Å². The molecule has 1 aromatic rings. The topological polar surface area (TPSA) is 47.6 Å². The van der Waals surface area contributed by atoms with Gasteiger partial charge in [-0.25, -0.2) is 0 Å². The first kappa shape index (κ1) is 13.9. The van der Waals surface area contributed by atoms with Gasteiger partial charge >= 0.3 is 0 Å². The van der Waals surface area contributed by atoms with Gasteiger partial charge in [-0.2, -0.15) is 0 Å². The van der Waals surface area contributed by atoms with Crippen molar-refractivity contribution in [2.75, 3.05) is 27.3 Å². The molecule has 0 bridgehead atoms. The highest BCUT2D eigenvalue weighted by atomic mass is 16.5. The normalized spacial score (nSPS) is 22.9. The average Bonchev–Trinajstić information content (AvgIpc) is 2.46. The third kappa shape index (κ3) is 2.89. The summed E-state index contributed by atoms with van der Waals surface area (Å²) in [4.78, 5) is 12.7. The third-order valence-electron chi connectivity index (χ3n) is 3.76. The number of carbonyl (C=O) groups excluding carboxylic acids is 1. The number of ketones is 1. The highest BCUT2D eigenvalue weighted by Crippen LogP contribution is 2.32. The van der Waals surface area contributed by atoms with Crippen molar-refractivity contribution in [3.8, 4) is 11.5 Å². The molecule has 1 N–H and O–H groups in total. The van der Waals surface area contributed by atoms with Crippen LogP contribution in [0.1, 0.15) is 30.1 Å². The summed E-state index contributed by atoms with van der Waals surface area (Å²) >= 11 is 0. The minimum atomic E-state index is -0.338. The van der Waals surface area contributed by atoms with Crippen LogP contribution < -0.4 is 14.8 Å². The van der Waals surface area contributed by atoms with Crippen molar-refractivity contribution in [1.29, 1.82) is 0 Å². The predicted molar refractivity (Wildman–Crippen MR) is 74.1 cm³/mol. The Morgan fingerprint density at radius 3 is 2.32 bits per heavy atom. The Kier molecular flexibility index (Phi) is 4.10. The van der Waals surface area contributed by atoms with E-state index in [4.69, 9.17) is 9.47 Å². The minimum absolute atomic E-state index is 0.150. The SMILES string of the molecule is COc1cc(OC)cc(C(=O)C2(C)CCCNC2)c1. The molecule has 1 unspecified atom stereocenters. The monoisotopic (exact) mass is 263 g/mol. The first-order valence-electron chi connectivity index (χ1n) is 6.58. The van der Waals surface area contributed by atoms with Gasteiger partial charge in [0.05, 0.1) is 14.2 Å². The Morgan fingerprint density at radius 1 is 1.21 bits per heavy atom. The number of ether oxygens (including phenoxy) is 2. The summed E-state index contributed by atoms with van der Waals surface area (Å²) < 4.78 is 10.4. The molecule has 1 aromatic carbocycles. The fourth-order valence-electron chi connectivity index (χ4n) is 2.54. The molecule has 0 spiro atoms. The Labute approximate surface area is 114 Å². The van der Waals surface area contributed by atoms with Gasteiger partial charge in [0.15, 0.2) is 5.78 Å². The number of methoxy groups -OCH3 is 2. The quantitative estimate of drug-likeness (QED) is 0.847. The van der Waals surface area contributed by atoms with Crippen LogP contribution >= 0.6 is 0 Å². The molecule has 19 heavy (non-hydrogen) atoms. The second-order valence-corrected chi connectivity index (χ2v) is 5.27. The van der Waals surface area contributed by atoms with Crippen LogP contribution in [0.3, 0.4) is 0 Å². The maximum Gasteiger partial charge on any atom is 0.170 e. The zero-order valence-corrected chi connectivity index (χ0v) is 11.8. The summed E-state index contributed by atoms with van der Waals surface area (Å²) in [6, 6.07) is 5.34. The van der Waals surface area contributed by atoms with Gasteiger partial charge in [-0.3, -0.25) is 4.79 Å². The predicted octanol–water partition coefficient (Wildman–Crippen LogP) is 2.28. The highest BCUT2D eigenvalue weighted by Gasteiger charge is 2.35. The van der Waals surface area contributed by atoms with Gasteiger partial charge < -0.3 is 14.8 Å². The van der Waals surface area contributed by atoms with Crippen LogP contribution in [0.25, 0.3) is 0 Å². The van der Waals surface area contributed by atoms with E-state index in [9.17, 15) is 4.79 Å². The molecule has 0 saturated carbocycles. The zero-order chi connectivity index (χ0) is 13.9. The van der Waals surface area contributed by atoms with E-state index in [1.54, 1.807) is 32.4 Å². The molecule has 1 aliphatic rings. The molecular formula is C15H21NO3. The lowest BCUT2D eigenvalue weighted by Crippen LogP contribution is -2.43. The molecule has 1 saturated heterocycles. The van der Waals surface area contributed by atoms with Gasteiger partial charge in [0, 0.05) is 23.6 Å². The molecule has 4 heteroatoms. The van der Waals surface area contributed by atoms with Crippen molar-refractivity contribution < 1.29 is 14.3 Å². The lowest BCUT2D eigenvalue weighted by Gasteiger charge is -2.32. The Balaban J connectivity index is 2.32. The molecule has 2 rings (SSSR count). The standard InChI is InChI=1S/C15H21NO3/c1-15(5-4-6-16-10-15)14(17)11-7-12(18-2)9-13(8-11)19-3/h7-9,16H,4-6,10H2,1-3H3. The van der Waals surface area contributed by atoms with Gasteiger partial charge in [0.25, 0.3) is 0 Å². The first-order valence-corrected chi connectivity index (χ1v) is 6.58. The van der Waals surface area contributed by atoms with Crippen LogP contribution in [0, 0.1) is 5.41 Å². The fraction of sp³-hybridized carbons (Fsp3) is 0.533. The molecule has 0 radical (unpaired) electrons. The van der Waals surface area contributed by atoms with E-state index >= 15 is 0 Å². The molecule has 104 valence electrons. The molecule has 0 aliphatic carbocycles. The lowest BCUT2D eigenvalue weighted by atomic mass is 9.76. The van der Waals surface area contributed by atoms with E-state index in [-0.39, 0.29) is 11.2 Å². The van der Waals surface area contributed by atoms with Crippen LogP contribution in [0.4, 0.5) is 0 Å². The van der Waals surface area contributed by atoms with Crippen molar-refractivity contribution >= 4 is 5.78 Å². The van der Waals surface area contributed by atoms with Crippen LogP contribution in [0.15, 0.2) is 18.2 Å². The Morgan fingerprint density at radius 2 is 1.84 bits per heavy atom. The van der Waals surface area contributed by atoms with Crippen LogP contribution in [0.5, 0.6) is 11.5 Å². The molecule has 0 aromatic heterocycles. The largest absolute Gasteiger partial charge is 0.497 e. The van der Waals surface area contributed by atoms with E-state index in [1.165, 1.54) is 0 Å². The first-order chi connectivity index (χ1) is 9.09. The number of nitrogens with one attached hydrogen (secondary N) is 1. The number of piperidine rings is 1. The summed E-state index contributed by atoms with van der Waals surface area (Å²) in [6.45, 7) is 3.74. The smallest absolute Gasteiger partial charge is 0.170 e. The number of Topliss-reactive ketones (excluding diaryl/α,β-unsaturated/α-hetero) is 1.